The van der Waals surface area contributed by atoms with Crippen LogP contribution in [0.2, 0.25) is 0 Å². The summed E-state index contributed by atoms with van der Waals surface area (Å²) in [7, 11) is 0. The summed E-state index contributed by atoms with van der Waals surface area (Å²) in [5, 5.41) is 9.01. The van der Waals surface area contributed by atoms with Gasteiger partial charge >= 0.3 is 12.1 Å². The van der Waals surface area contributed by atoms with Crippen molar-refractivity contribution < 1.29 is 19.4 Å². The molecule has 0 saturated heterocycles. The smallest absolute Gasteiger partial charge is 0.407 e. The highest BCUT2D eigenvalue weighted by Gasteiger charge is 2.32. The number of carbonyl (C=O) groups is 2. The van der Waals surface area contributed by atoms with Gasteiger partial charge in [-0.15, -0.1) is 0 Å². The number of esters is 1. The first kappa shape index (κ1) is 14.4. The molecule has 1 aromatic rings. The number of carboxylic acid groups (broad SMARTS) is 1. The summed E-state index contributed by atoms with van der Waals surface area (Å²) in [6, 6.07) is 3.50. The number of amides is 1. The lowest BCUT2D eigenvalue weighted by molar-refractivity contribution is 0.0526. The molecule has 0 spiro atoms. The van der Waals surface area contributed by atoms with Crippen LogP contribution in [0.5, 0.6) is 0 Å². The largest absolute Gasteiger partial charge is 0.465 e. The zero-order valence-electron chi connectivity index (χ0n) is 12.3. The van der Waals surface area contributed by atoms with E-state index in [2.05, 4.69) is 9.88 Å². The Kier molecular flexibility index (Phi) is 3.70. The Balaban J connectivity index is 1.64. The summed E-state index contributed by atoms with van der Waals surface area (Å²) in [6.45, 7) is 4.42. The summed E-state index contributed by atoms with van der Waals surface area (Å²) < 4.78 is 4.93. The average molecular weight is 303 g/mol. The molecule has 0 aliphatic carbocycles. The second kappa shape index (κ2) is 5.67. The van der Waals surface area contributed by atoms with Crippen molar-refractivity contribution in [1.82, 2.24) is 9.88 Å². The van der Waals surface area contributed by atoms with E-state index in [-0.39, 0.29) is 5.97 Å². The third kappa shape index (κ3) is 2.61. The molecule has 3 heterocycles. The van der Waals surface area contributed by atoms with Crippen molar-refractivity contribution in [1.29, 1.82) is 0 Å². The van der Waals surface area contributed by atoms with Gasteiger partial charge in [-0.1, -0.05) is 0 Å². The first-order valence-corrected chi connectivity index (χ1v) is 7.14. The van der Waals surface area contributed by atoms with Gasteiger partial charge in [0.25, 0.3) is 0 Å². The van der Waals surface area contributed by atoms with Crippen molar-refractivity contribution >= 4 is 17.9 Å². The topological polar surface area (TPSA) is 83.0 Å². The number of rotatable bonds is 3. The predicted octanol–water partition coefficient (Wildman–Crippen LogP) is 1.37. The van der Waals surface area contributed by atoms with Gasteiger partial charge in [-0.3, -0.25) is 0 Å². The Morgan fingerprint density at radius 2 is 1.91 bits per heavy atom. The van der Waals surface area contributed by atoms with Crippen LogP contribution in [-0.4, -0.2) is 59.8 Å². The number of anilines is 1. The zero-order valence-corrected chi connectivity index (χ0v) is 12.3. The maximum atomic E-state index is 11.6. The third-order valence-electron chi connectivity index (χ3n) is 3.88. The van der Waals surface area contributed by atoms with Crippen LogP contribution in [0.4, 0.5) is 10.6 Å². The SMILES string of the molecule is CCOC(=O)c1ccc(N2CC3=C(CN(C(=O)O)C3)C2)nc1. The van der Waals surface area contributed by atoms with Gasteiger partial charge in [-0.25, -0.2) is 14.6 Å². The lowest BCUT2D eigenvalue weighted by Crippen LogP contribution is -2.33. The molecule has 0 unspecified atom stereocenters. The normalized spacial score (nSPS) is 17.0. The molecule has 0 aromatic carbocycles. The fourth-order valence-corrected chi connectivity index (χ4v) is 2.79. The van der Waals surface area contributed by atoms with E-state index in [1.54, 1.807) is 19.1 Å². The lowest BCUT2D eigenvalue weighted by Gasteiger charge is -2.22. The van der Waals surface area contributed by atoms with Crippen molar-refractivity contribution in [3.05, 3.63) is 35.0 Å². The van der Waals surface area contributed by atoms with Crippen molar-refractivity contribution in [2.75, 3.05) is 37.7 Å². The summed E-state index contributed by atoms with van der Waals surface area (Å²) in [4.78, 5) is 30.4. The maximum absolute atomic E-state index is 11.6. The van der Waals surface area contributed by atoms with E-state index in [1.807, 2.05) is 0 Å². The number of hydrogen-bond donors (Lipinski definition) is 1. The molecule has 0 fully saturated rings. The van der Waals surface area contributed by atoms with Crippen molar-refractivity contribution in [2.45, 2.75) is 6.92 Å². The molecule has 2 aliphatic heterocycles. The van der Waals surface area contributed by atoms with Crippen molar-refractivity contribution in [3.63, 3.8) is 0 Å². The monoisotopic (exact) mass is 303 g/mol. The highest BCUT2D eigenvalue weighted by atomic mass is 16.5. The van der Waals surface area contributed by atoms with Gasteiger partial charge in [0.2, 0.25) is 0 Å². The van der Waals surface area contributed by atoms with Crippen molar-refractivity contribution in [2.24, 2.45) is 0 Å². The molecule has 1 N–H and O–H groups in total. The van der Waals surface area contributed by atoms with E-state index in [9.17, 15) is 9.59 Å². The molecule has 0 radical (unpaired) electrons. The van der Waals surface area contributed by atoms with Gasteiger partial charge in [-0.2, -0.15) is 0 Å². The van der Waals surface area contributed by atoms with Gasteiger partial charge in [0, 0.05) is 32.4 Å². The first-order valence-electron chi connectivity index (χ1n) is 7.14. The van der Waals surface area contributed by atoms with E-state index in [1.165, 1.54) is 11.1 Å². The van der Waals surface area contributed by atoms with Crippen LogP contribution in [0.1, 0.15) is 17.3 Å². The minimum Gasteiger partial charge on any atom is -0.465 e. The van der Waals surface area contributed by atoms with Crippen LogP contribution in [0, 0.1) is 0 Å². The molecule has 116 valence electrons. The second-order valence-electron chi connectivity index (χ2n) is 5.33. The number of pyridine rings is 1. The Labute approximate surface area is 127 Å². The number of aromatic nitrogens is 1. The Morgan fingerprint density at radius 1 is 1.23 bits per heavy atom. The fraction of sp³-hybridized carbons (Fsp3) is 0.400. The van der Waals surface area contributed by atoms with Gasteiger partial charge in [0.1, 0.15) is 5.82 Å². The molecular weight excluding hydrogens is 286 g/mol. The molecule has 7 nitrogen and oxygen atoms in total. The lowest BCUT2D eigenvalue weighted by atomic mass is 10.2. The van der Waals surface area contributed by atoms with E-state index >= 15 is 0 Å². The number of nitrogens with zero attached hydrogens (tertiary/aromatic N) is 3. The minimum absolute atomic E-state index is 0.337. The van der Waals surface area contributed by atoms with Crippen molar-refractivity contribution in [3.8, 4) is 0 Å². The van der Waals surface area contributed by atoms with E-state index in [0.717, 1.165) is 17.0 Å². The van der Waals surface area contributed by atoms with E-state index in [4.69, 9.17) is 9.84 Å². The molecule has 1 amide bonds. The maximum Gasteiger partial charge on any atom is 0.407 e. The predicted molar refractivity (Wildman–Crippen MR) is 79.0 cm³/mol. The number of carbonyl (C=O) groups excluding carboxylic acids is 1. The molecule has 0 bridgehead atoms. The Morgan fingerprint density at radius 3 is 2.41 bits per heavy atom. The molecule has 2 aliphatic rings. The third-order valence-corrected chi connectivity index (χ3v) is 3.88. The van der Waals surface area contributed by atoms with Crippen LogP contribution >= 0.6 is 0 Å². The minimum atomic E-state index is -0.877. The second-order valence-corrected chi connectivity index (χ2v) is 5.33. The standard InChI is InChI=1S/C15H17N3O4/c1-2-22-14(19)10-3-4-13(16-5-10)17-6-11-8-18(15(20)21)9-12(11)7-17/h3-5H,2,6-9H2,1H3,(H,20,21). The molecule has 1 aromatic heterocycles. The van der Waals surface area contributed by atoms with Crippen LogP contribution in [-0.2, 0) is 4.74 Å². The zero-order chi connectivity index (χ0) is 15.7. The fourth-order valence-electron chi connectivity index (χ4n) is 2.79. The number of hydrogen-bond acceptors (Lipinski definition) is 5. The average Bonchev–Trinajstić information content (AvgIpc) is 3.06. The van der Waals surface area contributed by atoms with Gasteiger partial charge in [0.05, 0.1) is 12.2 Å². The molecule has 7 heteroatoms. The molecule has 0 atom stereocenters. The first-order chi connectivity index (χ1) is 10.6. The summed E-state index contributed by atoms with van der Waals surface area (Å²) in [5.74, 6) is 0.407. The molecular formula is C15H17N3O4. The van der Waals surface area contributed by atoms with Gasteiger partial charge < -0.3 is 19.6 Å². The Bertz CT molecular complexity index is 621. The van der Waals surface area contributed by atoms with Crippen LogP contribution < -0.4 is 4.90 Å². The highest BCUT2D eigenvalue weighted by molar-refractivity contribution is 5.89. The summed E-state index contributed by atoms with van der Waals surface area (Å²) in [5.41, 5.74) is 2.74. The van der Waals surface area contributed by atoms with E-state index in [0.29, 0.717) is 38.3 Å². The highest BCUT2D eigenvalue weighted by Crippen LogP contribution is 2.28. The molecule has 0 saturated carbocycles. The quantitative estimate of drug-likeness (QED) is 0.671. The molecule has 3 rings (SSSR count). The van der Waals surface area contributed by atoms with Crippen LogP contribution in [0.25, 0.3) is 0 Å². The summed E-state index contributed by atoms with van der Waals surface area (Å²) in [6.07, 6.45) is 0.637. The van der Waals surface area contributed by atoms with Crippen LogP contribution in [0.15, 0.2) is 29.5 Å². The Hall–Kier alpha value is -2.57. The van der Waals surface area contributed by atoms with E-state index < -0.39 is 6.09 Å². The van der Waals surface area contributed by atoms with Gasteiger partial charge in [-0.05, 0) is 30.2 Å². The number of ether oxygens (including phenoxy) is 1. The molecule has 22 heavy (non-hydrogen) atoms. The van der Waals surface area contributed by atoms with Crippen LogP contribution in [0.3, 0.4) is 0 Å². The summed E-state index contributed by atoms with van der Waals surface area (Å²) >= 11 is 0. The van der Waals surface area contributed by atoms with Gasteiger partial charge in [0.15, 0.2) is 0 Å².